The maximum Gasteiger partial charge on any atom is 1.00 e. The molecular formula is C12H23KO4. The van der Waals surface area contributed by atoms with Crippen LogP contribution in [0.2, 0.25) is 0 Å². The van der Waals surface area contributed by atoms with E-state index in [9.17, 15) is 9.59 Å². The minimum atomic E-state index is -1.27. The van der Waals surface area contributed by atoms with Crippen LogP contribution in [0.1, 0.15) is 47.9 Å². The van der Waals surface area contributed by atoms with Crippen LogP contribution < -0.4 is 51.4 Å². The molecule has 17 heavy (non-hydrogen) atoms. The molecule has 96 valence electrons. The fourth-order valence-corrected chi connectivity index (χ4v) is 1.99. The number of hydrogen-bond acceptors (Lipinski definition) is 2. The van der Waals surface area contributed by atoms with Crippen LogP contribution in [0.4, 0.5) is 0 Å². The van der Waals surface area contributed by atoms with E-state index in [1.54, 1.807) is 0 Å². The molecule has 0 aliphatic carbocycles. The summed E-state index contributed by atoms with van der Waals surface area (Å²) in [4.78, 5) is 21.9. The van der Waals surface area contributed by atoms with Crippen molar-refractivity contribution >= 4 is 11.9 Å². The first-order chi connectivity index (χ1) is 7.41. The van der Waals surface area contributed by atoms with Crippen molar-refractivity contribution in [2.24, 2.45) is 17.8 Å². The normalized spacial score (nSPS) is 12.3. The summed E-state index contributed by atoms with van der Waals surface area (Å²) in [5.41, 5.74) is 0. The molecular weight excluding hydrogens is 247 g/mol. The Labute approximate surface area is 147 Å². The van der Waals surface area contributed by atoms with Gasteiger partial charge >= 0.3 is 63.3 Å². The van der Waals surface area contributed by atoms with Gasteiger partial charge in [0.05, 0.1) is 0 Å². The predicted molar refractivity (Wildman–Crippen MR) is 62.3 cm³/mol. The number of carbonyl (C=O) groups is 2. The van der Waals surface area contributed by atoms with Gasteiger partial charge in [0.15, 0.2) is 5.92 Å². The molecule has 0 saturated carbocycles. The van der Waals surface area contributed by atoms with Gasteiger partial charge in [0, 0.05) is 0 Å². The van der Waals surface area contributed by atoms with Gasteiger partial charge in [0.2, 0.25) is 0 Å². The average Bonchev–Trinajstić information content (AvgIpc) is 2.14. The molecule has 0 spiro atoms. The molecule has 0 aromatic rings. The molecule has 5 heteroatoms. The SMILES string of the molecule is CCCCCC(C(C)C)C(C(=O)O)C(=O)O.[H-].[K+]. The summed E-state index contributed by atoms with van der Waals surface area (Å²) in [5, 5.41) is 17.9. The van der Waals surface area contributed by atoms with Gasteiger partial charge in [-0.3, -0.25) is 9.59 Å². The van der Waals surface area contributed by atoms with Crippen LogP contribution in [-0.2, 0) is 9.59 Å². The Morgan fingerprint density at radius 1 is 1.12 bits per heavy atom. The molecule has 0 aromatic heterocycles. The number of hydrogen-bond donors (Lipinski definition) is 2. The van der Waals surface area contributed by atoms with E-state index in [0.717, 1.165) is 19.3 Å². The van der Waals surface area contributed by atoms with Crippen molar-refractivity contribution in [3.8, 4) is 0 Å². The number of rotatable bonds is 8. The topological polar surface area (TPSA) is 74.6 Å². The summed E-state index contributed by atoms with van der Waals surface area (Å²) in [5.74, 6) is -3.90. The number of carboxylic acids is 2. The molecule has 0 heterocycles. The van der Waals surface area contributed by atoms with E-state index in [4.69, 9.17) is 10.2 Å². The Bertz CT molecular complexity index is 232. The van der Waals surface area contributed by atoms with Crippen LogP contribution in [0.25, 0.3) is 0 Å². The zero-order valence-electron chi connectivity index (χ0n) is 12.3. The van der Waals surface area contributed by atoms with Gasteiger partial charge in [-0.1, -0.05) is 40.0 Å². The molecule has 4 nitrogen and oxygen atoms in total. The molecule has 0 aromatic carbocycles. The van der Waals surface area contributed by atoms with E-state index in [-0.39, 0.29) is 64.6 Å². The van der Waals surface area contributed by atoms with Crippen molar-refractivity contribution < 1.29 is 72.6 Å². The zero-order valence-corrected chi connectivity index (χ0v) is 14.4. The second-order valence-electron chi connectivity index (χ2n) is 4.56. The van der Waals surface area contributed by atoms with Gasteiger partial charge in [-0.05, 0) is 18.3 Å². The van der Waals surface area contributed by atoms with E-state index >= 15 is 0 Å². The fourth-order valence-electron chi connectivity index (χ4n) is 1.99. The fraction of sp³-hybridized carbons (Fsp3) is 0.833. The van der Waals surface area contributed by atoms with Gasteiger partial charge in [-0.25, -0.2) is 0 Å². The maximum absolute atomic E-state index is 10.9. The van der Waals surface area contributed by atoms with Crippen LogP contribution in [-0.4, -0.2) is 22.2 Å². The largest absolute Gasteiger partial charge is 1.00 e. The standard InChI is InChI=1S/C12H22O4.K.H/c1-4-5-6-7-9(8(2)3)10(11(13)14)12(15)16;;/h8-10H,4-7H2,1-3H3,(H,13,14)(H,15,16);;/q;+1;-1. The maximum atomic E-state index is 10.9. The summed E-state index contributed by atoms with van der Waals surface area (Å²) in [7, 11) is 0. The molecule has 0 radical (unpaired) electrons. The molecule has 1 unspecified atom stereocenters. The second-order valence-corrected chi connectivity index (χ2v) is 4.56. The van der Waals surface area contributed by atoms with Crippen molar-refractivity contribution in [3.63, 3.8) is 0 Å². The first kappa shape index (κ1) is 19.9. The first-order valence-electron chi connectivity index (χ1n) is 5.87. The van der Waals surface area contributed by atoms with Crippen LogP contribution in [0, 0.1) is 17.8 Å². The summed E-state index contributed by atoms with van der Waals surface area (Å²) < 4.78 is 0. The Morgan fingerprint density at radius 3 is 1.88 bits per heavy atom. The summed E-state index contributed by atoms with van der Waals surface area (Å²) in [6.45, 7) is 5.83. The van der Waals surface area contributed by atoms with Crippen molar-refractivity contribution in [1.29, 1.82) is 0 Å². The molecule has 0 aliphatic heterocycles. The van der Waals surface area contributed by atoms with Crippen LogP contribution in [0.5, 0.6) is 0 Å². The van der Waals surface area contributed by atoms with E-state index in [1.807, 2.05) is 13.8 Å². The zero-order chi connectivity index (χ0) is 12.7. The van der Waals surface area contributed by atoms with Crippen LogP contribution >= 0.6 is 0 Å². The van der Waals surface area contributed by atoms with Crippen LogP contribution in [0.3, 0.4) is 0 Å². The molecule has 1 atom stereocenters. The number of aliphatic carboxylic acids is 2. The molecule has 0 saturated heterocycles. The first-order valence-corrected chi connectivity index (χ1v) is 5.87. The Morgan fingerprint density at radius 2 is 1.59 bits per heavy atom. The third-order valence-electron chi connectivity index (χ3n) is 2.96. The molecule has 2 N–H and O–H groups in total. The molecule has 0 aliphatic rings. The average molecular weight is 270 g/mol. The van der Waals surface area contributed by atoms with E-state index in [0.29, 0.717) is 6.42 Å². The van der Waals surface area contributed by atoms with Gasteiger partial charge < -0.3 is 11.6 Å². The summed E-state index contributed by atoms with van der Waals surface area (Å²) in [6, 6.07) is 0. The Balaban J connectivity index is -0.00000112. The Kier molecular flexibility index (Phi) is 12.3. The van der Waals surface area contributed by atoms with Gasteiger partial charge in [0.25, 0.3) is 0 Å². The molecule has 0 amide bonds. The van der Waals surface area contributed by atoms with Crippen molar-refractivity contribution in [1.82, 2.24) is 0 Å². The van der Waals surface area contributed by atoms with Crippen molar-refractivity contribution in [2.45, 2.75) is 46.5 Å². The smallest absolute Gasteiger partial charge is 1.00 e. The monoisotopic (exact) mass is 270 g/mol. The van der Waals surface area contributed by atoms with E-state index in [2.05, 4.69) is 6.92 Å². The number of unbranched alkanes of at least 4 members (excludes halogenated alkanes) is 2. The second kappa shape index (κ2) is 10.5. The van der Waals surface area contributed by atoms with Gasteiger partial charge in [-0.15, -0.1) is 0 Å². The Hall–Kier alpha value is 0.576. The predicted octanol–water partition coefficient (Wildman–Crippen LogP) is -0.259. The van der Waals surface area contributed by atoms with Gasteiger partial charge in [0.1, 0.15) is 0 Å². The third kappa shape index (κ3) is 7.57. The van der Waals surface area contributed by atoms with E-state index < -0.39 is 17.9 Å². The molecule has 0 bridgehead atoms. The molecule has 0 rings (SSSR count). The third-order valence-corrected chi connectivity index (χ3v) is 2.96. The number of carboxylic acid groups (broad SMARTS) is 2. The minimum absolute atomic E-state index is 0. The summed E-state index contributed by atoms with van der Waals surface area (Å²) >= 11 is 0. The minimum Gasteiger partial charge on any atom is -1.00 e. The quantitative estimate of drug-likeness (QED) is 0.362. The van der Waals surface area contributed by atoms with Crippen LogP contribution in [0.15, 0.2) is 0 Å². The molecule has 0 fully saturated rings. The van der Waals surface area contributed by atoms with Gasteiger partial charge in [-0.2, -0.15) is 0 Å². The summed E-state index contributed by atoms with van der Waals surface area (Å²) in [6.07, 6.45) is 3.65. The van der Waals surface area contributed by atoms with Crippen molar-refractivity contribution in [3.05, 3.63) is 0 Å². The van der Waals surface area contributed by atoms with Crippen molar-refractivity contribution in [2.75, 3.05) is 0 Å². The van der Waals surface area contributed by atoms with E-state index in [1.165, 1.54) is 0 Å².